The molecule has 0 aromatic rings. The molecule has 0 bridgehead atoms. The van der Waals surface area contributed by atoms with Crippen LogP contribution >= 0.6 is 28.2 Å². The number of rotatable bonds is 0. The van der Waals surface area contributed by atoms with Crippen LogP contribution in [0.25, 0.3) is 0 Å². The molecule has 0 aliphatic heterocycles. The fraction of sp³-hybridized carbons (Fsp3) is 1.00. The van der Waals surface area contributed by atoms with Crippen LogP contribution in [-0.4, -0.2) is 0 Å². The van der Waals surface area contributed by atoms with Gasteiger partial charge in [-0.25, -0.2) is 0 Å². The third-order valence-electron chi connectivity index (χ3n) is 0. The molecule has 0 aliphatic carbocycles. The molecule has 0 amide bonds. The van der Waals surface area contributed by atoms with E-state index in [1.54, 1.807) is 0 Å². The van der Waals surface area contributed by atoms with E-state index >= 15 is 0 Å². The van der Waals surface area contributed by atoms with Gasteiger partial charge in [-0.05, 0) is 0 Å². The summed E-state index contributed by atoms with van der Waals surface area (Å²) in [6.07, 6.45) is 0. The average Bonchev–Trinajstić information content (AvgIpc) is 0.918. The van der Waals surface area contributed by atoms with Crippen LogP contribution in [0, 0.1) is 0 Å². The molecule has 0 spiro atoms. The van der Waals surface area contributed by atoms with Gasteiger partial charge in [0, 0.05) is 0 Å². The van der Waals surface area contributed by atoms with E-state index in [2.05, 4.69) is 28.2 Å². The fourth-order valence-corrected chi connectivity index (χ4v) is 0. The van der Waals surface area contributed by atoms with Gasteiger partial charge >= 0.3 is 39.6 Å². The number of hydrogen-bond acceptors (Lipinski definition) is 0. The summed E-state index contributed by atoms with van der Waals surface area (Å²) >= 11 is 6.88. The van der Waals surface area contributed by atoms with Crippen LogP contribution in [0.1, 0.15) is 7.43 Å². The Bertz CT molecular complexity index is 6.00. The van der Waals surface area contributed by atoms with E-state index in [1.807, 2.05) is 0 Å². The topological polar surface area (TPSA) is 0 Å². The predicted molar refractivity (Wildman–Crippen MR) is 24.6 cm³/mol. The second-order valence-electron chi connectivity index (χ2n) is 0.0540. The summed E-state index contributed by atoms with van der Waals surface area (Å²) in [6.45, 7) is 0. The van der Waals surface area contributed by atoms with Crippen LogP contribution in [0.3, 0.4) is 0 Å². The summed E-state index contributed by atoms with van der Waals surface area (Å²) in [6, 6.07) is 0. The van der Waals surface area contributed by atoms with E-state index in [4.69, 9.17) is 0 Å². The Morgan fingerprint density at radius 1 is 1.25 bits per heavy atom. The Morgan fingerprint density at radius 2 is 1.25 bits per heavy atom. The Kier molecular flexibility index (Phi) is 20.0. The fourth-order valence-electron chi connectivity index (χ4n) is 0. The van der Waals surface area contributed by atoms with Gasteiger partial charge in [-0.15, -0.1) is 0 Å². The van der Waals surface area contributed by atoms with Crippen LogP contribution in [0.15, 0.2) is 0 Å². The summed E-state index contributed by atoms with van der Waals surface area (Å²) in [4.78, 5) is 0. The second-order valence-corrected chi connectivity index (χ2v) is 6.01. The van der Waals surface area contributed by atoms with Gasteiger partial charge in [0.15, 0.2) is 0 Å². The number of hydrogen-bond donors (Lipinski definition) is 0. The van der Waals surface area contributed by atoms with Crippen molar-refractivity contribution in [1.82, 2.24) is 0 Å². The summed E-state index contributed by atoms with van der Waals surface area (Å²) in [5.74, 6) is 0. The van der Waals surface area contributed by atoms with Crippen molar-refractivity contribution < 1.29 is 11.3 Å². The third-order valence-corrected chi connectivity index (χ3v) is 0. The molecule has 0 aliphatic rings. The molecule has 4 heavy (non-hydrogen) atoms. The monoisotopic (exact) mass is 229 g/mol. The molecule has 0 fully saturated rings. The first kappa shape index (κ1) is 9.08. The Hall–Kier alpha value is 1.48. The normalized spacial score (nSPS) is 4.50. The molecule has 0 radical (unpaired) electrons. The minimum absolute atomic E-state index is 0. The maximum absolute atomic E-state index is 3.09. The summed E-state index contributed by atoms with van der Waals surface area (Å²) < 4.78 is 0. The molecule has 0 aromatic carbocycles. The molecule has 29 valence electrons. The predicted octanol–water partition coefficient (Wildman–Crippen LogP) is 2.32. The first-order valence-corrected chi connectivity index (χ1v) is 6.12. The SMILES string of the molecule is C.[Br][Mn][Br]. The average molecular weight is 231 g/mol. The third kappa shape index (κ3) is 9.77. The quantitative estimate of drug-likeness (QED) is 0.561. The van der Waals surface area contributed by atoms with Gasteiger partial charge in [0.05, 0.1) is 0 Å². The molecule has 0 aromatic heterocycles. The first-order chi connectivity index (χ1) is 1.41. The van der Waals surface area contributed by atoms with Gasteiger partial charge in [0.25, 0.3) is 0 Å². The molecule has 0 atom stereocenters. The second kappa shape index (κ2) is 8.82. The van der Waals surface area contributed by atoms with E-state index in [9.17, 15) is 0 Å². The molecule has 0 nitrogen and oxygen atoms in total. The van der Waals surface area contributed by atoms with Gasteiger partial charge in [-0.2, -0.15) is 0 Å². The van der Waals surface area contributed by atoms with Crippen LogP contribution in [0.2, 0.25) is 0 Å². The van der Waals surface area contributed by atoms with E-state index in [1.165, 1.54) is 0 Å². The van der Waals surface area contributed by atoms with E-state index < -0.39 is 0 Å². The van der Waals surface area contributed by atoms with Crippen molar-refractivity contribution in [2.75, 3.05) is 0 Å². The zero-order chi connectivity index (χ0) is 2.71. The summed E-state index contributed by atoms with van der Waals surface area (Å²) in [7, 11) is 0. The van der Waals surface area contributed by atoms with Gasteiger partial charge in [-0.3, -0.25) is 0 Å². The van der Waals surface area contributed by atoms with E-state index in [0.717, 1.165) is 0 Å². The van der Waals surface area contributed by atoms with Crippen molar-refractivity contribution in [3.63, 3.8) is 0 Å². The van der Waals surface area contributed by atoms with Crippen LogP contribution in [0.4, 0.5) is 0 Å². The Labute approximate surface area is 46.9 Å². The minimum atomic E-state index is 0. The Morgan fingerprint density at radius 3 is 1.25 bits per heavy atom. The van der Waals surface area contributed by atoms with Crippen molar-refractivity contribution in [2.24, 2.45) is 0 Å². The van der Waals surface area contributed by atoms with Gasteiger partial charge in [0.2, 0.25) is 0 Å². The summed E-state index contributed by atoms with van der Waals surface area (Å²) in [5.41, 5.74) is 0. The van der Waals surface area contributed by atoms with Crippen molar-refractivity contribution in [3.8, 4) is 0 Å². The molecule has 0 N–H and O–H groups in total. The van der Waals surface area contributed by atoms with Gasteiger partial charge < -0.3 is 0 Å². The van der Waals surface area contributed by atoms with Crippen molar-refractivity contribution in [1.29, 1.82) is 0 Å². The molecule has 0 heterocycles. The van der Waals surface area contributed by atoms with Gasteiger partial charge in [0.1, 0.15) is 0 Å². The standard InChI is InChI=1S/CH4.2BrH.Mn/h1H4;2*1H;/q;;;+2/p-2. The van der Waals surface area contributed by atoms with Crippen molar-refractivity contribution in [3.05, 3.63) is 0 Å². The number of halogens is 2. The zero-order valence-corrected chi connectivity index (χ0v) is 5.49. The van der Waals surface area contributed by atoms with Crippen molar-refractivity contribution >= 4 is 28.2 Å². The molecule has 0 saturated heterocycles. The van der Waals surface area contributed by atoms with E-state index in [-0.39, 0.29) is 7.43 Å². The van der Waals surface area contributed by atoms with Crippen LogP contribution in [-0.2, 0) is 11.3 Å². The van der Waals surface area contributed by atoms with Crippen LogP contribution < -0.4 is 0 Å². The van der Waals surface area contributed by atoms with E-state index in [0.29, 0.717) is 11.3 Å². The molecule has 3 heteroatoms. The zero-order valence-electron chi connectivity index (χ0n) is 1.13. The molecular weight excluding hydrogens is 227 g/mol. The van der Waals surface area contributed by atoms with Gasteiger partial charge in [-0.1, -0.05) is 7.43 Å². The van der Waals surface area contributed by atoms with Crippen LogP contribution in [0.5, 0.6) is 0 Å². The maximum atomic E-state index is 3.09. The molecule has 0 unspecified atom stereocenters. The Balaban J connectivity index is 0. The molecule has 0 saturated carbocycles. The van der Waals surface area contributed by atoms with Crippen molar-refractivity contribution in [2.45, 2.75) is 7.43 Å². The molecule has 0 rings (SSSR count). The molecular formula is CH4Br2Mn. The first-order valence-electron chi connectivity index (χ1n) is 0.286. The summed E-state index contributed by atoms with van der Waals surface area (Å²) in [5, 5.41) is 0.